The molecule has 1 amide bonds. The molecule has 10 heteroatoms. The van der Waals surface area contributed by atoms with Crippen LogP contribution in [0.2, 0.25) is 0 Å². The van der Waals surface area contributed by atoms with Crippen molar-refractivity contribution < 1.29 is 26.4 Å². The summed E-state index contributed by atoms with van der Waals surface area (Å²) >= 11 is 0. The molecule has 1 aliphatic heterocycles. The minimum absolute atomic E-state index is 0.134. The number of carbonyl (C=O) groups excluding carboxylic acids is 1. The van der Waals surface area contributed by atoms with E-state index in [4.69, 9.17) is 0 Å². The van der Waals surface area contributed by atoms with Crippen molar-refractivity contribution in [3.63, 3.8) is 0 Å². The molecule has 1 heterocycles. The van der Waals surface area contributed by atoms with E-state index in [0.717, 1.165) is 25.0 Å². The Balaban J connectivity index is 1.60. The Morgan fingerprint density at radius 3 is 2.25 bits per heavy atom. The van der Waals surface area contributed by atoms with Crippen LogP contribution in [0.4, 0.5) is 24.5 Å². The van der Waals surface area contributed by atoms with Gasteiger partial charge in [0.15, 0.2) is 17.5 Å². The summed E-state index contributed by atoms with van der Waals surface area (Å²) in [5, 5.41) is 4.88. The molecule has 6 nitrogen and oxygen atoms in total. The van der Waals surface area contributed by atoms with Gasteiger partial charge in [0.25, 0.3) is 0 Å². The Bertz CT molecular complexity index is 976. The average molecular weight is 413 g/mol. The van der Waals surface area contributed by atoms with Crippen molar-refractivity contribution in [2.45, 2.75) is 17.7 Å². The van der Waals surface area contributed by atoms with Gasteiger partial charge in [0.05, 0.1) is 17.1 Å². The highest BCUT2D eigenvalue weighted by Crippen LogP contribution is 2.22. The highest BCUT2D eigenvalue weighted by atomic mass is 32.2. The largest absolute Gasteiger partial charge is 0.374 e. The quantitative estimate of drug-likeness (QED) is 0.714. The molecule has 2 aromatic carbocycles. The van der Waals surface area contributed by atoms with Gasteiger partial charge in [-0.25, -0.2) is 21.6 Å². The van der Waals surface area contributed by atoms with Crippen molar-refractivity contribution in [2.75, 3.05) is 30.3 Å². The second kappa shape index (κ2) is 8.19. The molecular weight excluding hydrogens is 395 g/mol. The van der Waals surface area contributed by atoms with E-state index in [2.05, 4.69) is 10.6 Å². The van der Waals surface area contributed by atoms with Crippen molar-refractivity contribution in [3.05, 3.63) is 53.8 Å². The number of anilines is 2. The first-order valence-corrected chi connectivity index (χ1v) is 10.0. The predicted molar refractivity (Wildman–Crippen MR) is 97.9 cm³/mol. The molecule has 3 rings (SSSR count). The van der Waals surface area contributed by atoms with E-state index in [1.54, 1.807) is 0 Å². The zero-order valence-electron chi connectivity index (χ0n) is 14.7. The van der Waals surface area contributed by atoms with E-state index >= 15 is 0 Å². The lowest BCUT2D eigenvalue weighted by Crippen LogP contribution is -2.27. The minimum atomic E-state index is -3.54. The van der Waals surface area contributed by atoms with Crippen molar-refractivity contribution in [1.82, 2.24) is 4.31 Å². The van der Waals surface area contributed by atoms with Gasteiger partial charge in [-0.3, -0.25) is 4.79 Å². The molecule has 0 radical (unpaired) electrons. The number of hydrogen-bond acceptors (Lipinski definition) is 4. The number of nitrogens with zero attached hydrogens (tertiary/aromatic N) is 1. The number of nitrogens with one attached hydrogen (secondary N) is 2. The maximum Gasteiger partial charge on any atom is 0.243 e. The van der Waals surface area contributed by atoms with Gasteiger partial charge in [-0.2, -0.15) is 4.31 Å². The SMILES string of the molecule is O=C(CNc1ccc(F)c(F)c1F)Nc1ccc(S(=O)(=O)N2CCCC2)cc1. The molecule has 0 spiro atoms. The maximum atomic E-state index is 13.6. The van der Waals surface area contributed by atoms with Gasteiger partial charge in [0.1, 0.15) is 0 Å². The Kier molecular flexibility index (Phi) is 5.90. The lowest BCUT2D eigenvalue weighted by Gasteiger charge is -2.15. The summed E-state index contributed by atoms with van der Waals surface area (Å²) < 4.78 is 65.9. The third-order valence-electron chi connectivity index (χ3n) is 4.32. The van der Waals surface area contributed by atoms with Crippen molar-refractivity contribution in [2.24, 2.45) is 0 Å². The number of sulfonamides is 1. The summed E-state index contributed by atoms with van der Waals surface area (Å²) in [6.45, 7) is 0.593. The van der Waals surface area contributed by atoms with E-state index in [9.17, 15) is 26.4 Å². The lowest BCUT2D eigenvalue weighted by atomic mass is 10.2. The van der Waals surface area contributed by atoms with Gasteiger partial charge in [0.2, 0.25) is 15.9 Å². The molecule has 28 heavy (non-hydrogen) atoms. The second-order valence-electron chi connectivity index (χ2n) is 6.26. The van der Waals surface area contributed by atoms with Crippen LogP contribution in [0, 0.1) is 17.5 Å². The first-order chi connectivity index (χ1) is 13.3. The zero-order valence-corrected chi connectivity index (χ0v) is 15.5. The second-order valence-corrected chi connectivity index (χ2v) is 8.20. The third kappa shape index (κ3) is 4.28. The van der Waals surface area contributed by atoms with Crippen LogP contribution >= 0.6 is 0 Å². The topological polar surface area (TPSA) is 78.5 Å². The van der Waals surface area contributed by atoms with Crippen molar-refractivity contribution in [3.8, 4) is 0 Å². The van der Waals surface area contributed by atoms with Gasteiger partial charge in [0, 0.05) is 18.8 Å². The number of rotatable bonds is 6. The number of halogens is 3. The summed E-state index contributed by atoms with van der Waals surface area (Å²) in [5.41, 5.74) is -0.000893. The standard InChI is InChI=1S/C18H18F3N3O3S/c19-14-7-8-15(18(21)17(14)20)22-11-16(25)23-12-3-5-13(6-4-12)28(26,27)24-9-1-2-10-24/h3-8,22H,1-2,9-11H2,(H,23,25). The summed E-state index contributed by atoms with van der Waals surface area (Å²) in [4.78, 5) is 12.1. The molecule has 0 saturated carbocycles. The Labute approximate surface area is 160 Å². The number of carbonyl (C=O) groups is 1. The fourth-order valence-electron chi connectivity index (χ4n) is 2.83. The van der Waals surface area contributed by atoms with Crippen molar-refractivity contribution >= 4 is 27.3 Å². The highest BCUT2D eigenvalue weighted by Gasteiger charge is 2.26. The first-order valence-electron chi connectivity index (χ1n) is 8.56. The molecular formula is C18H18F3N3O3S. The molecule has 0 aliphatic carbocycles. The summed E-state index contributed by atoms with van der Waals surface area (Å²) in [7, 11) is -3.54. The number of benzene rings is 2. The Morgan fingerprint density at radius 1 is 0.964 bits per heavy atom. The smallest absolute Gasteiger partial charge is 0.243 e. The summed E-state index contributed by atoms with van der Waals surface area (Å²) in [5.74, 6) is -4.93. The Hall–Kier alpha value is -2.59. The molecule has 0 atom stereocenters. The van der Waals surface area contributed by atoms with Crippen molar-refractivity contribution in [1.29, 1.82) is 0 Å². The fraction of sp³-hybridized carbons (Fsp3) is 0.278. The van der Waals surface area contributed by atoms with Crippen LogP contribution in [-0.2, 0) is 14.8 Å². The molecule has 150 valence electrons. The minimum Gasteiger partial charge on any atom is -0.374 e. The molecule has 1 saturated heterocycles. The van der Waals surface area contributed by atoms with Crippen LogP contribution in [0.15, 0.2) is 41.3 Å². The monoisotopic (exact) mass is 413 g/mol. The van der Waals surface area contributed by atoms with Crippen LogP contribution in [-0.4, -0.2) is 38.3 Å². The fourth-order valence-corrected chi connectivity index (χ4v) is 4.35. The number of amides is 1. The third-order valence-corrected chi connectivity index (χ3v) is 6.23. The van der Waals surface area contributed by atoms with Crippen LogP contribution < -0.4 is 10.6 Å². The van der Waals surface area contributed by atoms with Crippen LogP contribution in [0.1, 0.15) is 12.8 Å². The van der Waals surface area contributed by atoms with E-state index in [1.807, 2.05) is 0 Å². The molecule has 1 fully saturated rings. The van der Waals surface area contributed by atoms with E-state index in [0.29, 0.717) is 18.8 Å². The van der Waals surface area contributed by atoms with E-state index < -0.39 is 39.9 Å². The van der Waals surface area contributed by atoms with Crippen LogP contribution in [0.25, 0.3) is 0 Å². The zero-order chi connectivity index (χ0) is 20.3. The molecule has 1 aliphatic rings. The average Bonchev–Trinajstić information content (AvgIpc) is 3.22. The van der Waals surface area contributed by atoms with Crippen LogP contribution in [0.5, 0.6) is 0 Å². The van der Waals surface area contributed by atoms with E-state index in [1.165, 1.54) is 28.6 Å². The van der Waals surface area contributed by atoms with Gasteiger partial charge < -0.3 is 10.6 Å². The molecule has 2 aromatic rings. The van der Waals surface area contributed by atoms with Gasteiger partial charge in [-0.15, -0.1) is 0 Å². The van der Waals surface area contributed by atoms with Gasteiger partial charge >= 0.3 is 0 Å². The van der Waals surface area contributed by atoms with Gasteiger partial charge in [-0.1, -0.05) is 0 Å². The number of hydrogen-bond donors (Lipinski definition) is 2. The van der Waals surface area contributed by atoms with E-state index in [-0.39, 0.29) is 10.6 Å². The summed E-state index contributed by atoms with van der Waals surface area (Å²) in [6, 6.07) is 7.41. The maximum absolute atomic E-state index is 13.6. The summed E-state index contributed by atoms with van der Waals surface area (Å²) in [6.07, 6.45) is 1.66. The molecule has 2 N–H and O–H groups in total. The molecule has 0 aromatic heterocycles. The molecule has 0 unspecified atom stereocenters. The highest BCUT2D eigenvalue weighted by molar-refractivity contribution is 7.89. The normalized spacial score (nSPS) is 14.8. The Morgan fingerprint density at radius 2 is 1.61 bits per heavy atom. The lowest BCUT2D eigenvalue weighted by molar-refractivity contribution is -0.114. The predicted octanol–water partition coefficient (Wildman–Crippen LogP) is 2.94. The van der Waals surface area contributed by atoms with Gasteiger partial charge in [-0.05, 0) is 49.2 Å². The van der Waals surface area contributed by atoms with Crippen LogP contribution in [0.3, 0.4) is 0 Å². The first kappa shape index (κ1) is 20.2. The molecule has 0 bridgehead atoms.